The number of hydrogen-bond donors (Lipinski definition) is 3. The molecular weight excluding hydrogens is 336 g/mol. The Morgan fingerprint density at radius 1 is 0.852 bits per heavy atom. The summed E-state index contributed by atoms with van der Waals surface area (Å²) in [5.74, 6) is 0. The van der Waals surface area contributed by atoms with E-state index in [9.17, 15) is 10.2 Å². The molecule has 0 bridgehead atoms. The molecule has 0 saturated heterocycles. The van der Waals surface area contributed by atoms with Crippen molar-refractivity contribution in [3.05, 3.63) is 53.6 Å². The minimum Gasteiger partial charge on any atom is -0.396 e. The second-order valence-corrected chi connectivity index (χ2v) is 7.23. The van der Waals surface area contributed by atoms with E-state index < -0.39 is 6.10 Å². The van der Waals surface area contributed by atoms with Gasteiger partial charge in [0.2, 0.25) is 0 Å². The largest absolute Gasteiger partial charge is 0.396 e. The summed E-state index contributed by atoms with van der Waals surface area (Å²) in [6.45, 7) is 2.39. The standard InChI is InChI=1S/C24H38O3/c1-2-3-4-5-6-7-16-22(26)17-10-8-14-21-15-9-11-18-23(21)24(27)19-12-13-20-25/h8-11,14-15,17-18,22,24-27H,2-7,12-13,16,19-20H2,1H3/b14-8+,17-10+/t22-,24-/m0/s1. The second kappa shape index (κ2) is 15.6. The Balaban J connectivity index is 2.42. The van der Waals surface area contributed by atoms with Gasteiger partial charge in [0.15, 0.2) is 0 Å². The number of unbranched alkanes of at least 4 members (excludes halogenated alkanes) is 6. The molecule has 1 aromatic carbocycles. The Morgan fingerprint density at radius 2 is 1.56 bits per heavy atom. The van der Waals surface area contributed by atoms with Crippen LogP contribution in [0.4, 0.5) is 0 Å². The number of hydrogen-bond acceptors (Lipinski definition) is 3. The van der Waals surface area contributed by atoms with Gasteiger partial charge in [-0.1, -0.05) is 94.0 Å². The Bertz CT molecular complexity index is 536. The molecule has 3 heteroatoms. The van der Waals surface area contributed by atoms with Crippen molar-refractivity contribution >= 4 is 6.08 Å². The molecule has 3 nitrogen and oxygen atoms in total. The molecule has 0 radical (unpaired) electrons. The number of aliphatic hydroxyl groups is 3. The van der Waals surface area contributed by atoms with Crippen LogP contribution in [0.5, 0.6) is 0 Å². The Labute approximate surface area is 165 Å². The van der Waals surface area contributed by atoms with Crippen LogP contribution < -0.4 is 0 Å². The topological polar surface area (TPSA) is 60.7 Å². The predicted octanol–water partition coefficient (Wildman–Crippen LogP) is 5.56. The molecular formula is C24H38O3. The smallest absolute Gasteiger partial charge is 0.0795 e. The first kappa shape index (κ1) is 23.6. The molecule has 0 fully saturated rings. The summed E-state index contributed by atoms with van der Waals surface area (Å²) in [5, 5.41) is 29.3. The molecule has 0 aromatic heterocycles. The minimum atomic E-state index is -0.514. The van der Waals surface area contributed by atoms with E-state index >= 15 is 0 Å². The molecule has 0 unspecified atom stereocenters. The molecule has 0 saturated carbocycles. The van der Waals surface area contributed by atoms with Gasteiger partial charge in [-0.25, -0.2) is 0 Å². The maximum Gasteiger partial charge on any atom is 0.0795 e. The summed E-state index contributed by atoms with van der Waals surface area (Å²) in [6, 6.07) is 7.82. The first-order valence-corrected chi connectivity index (χ1v) is 10.6. The Morgan fingerprint density at radius 3 is 2.33 bits per heavy atom. The predicted molar refractivity (Wildman–Crippen MR) is 115 cm³/mol. The first-order valence-electron chi connectivity index (χ1n) is 10.6. The molecule has 27 heavy (non-hydrogen) atoms. The maximum absolute atomic E-state index is 10.4. The zero-order valence-corrected chi connectivity index (χ0v) is 16.9. The van der Waals surface area contributed by atoms with E-state index in [-0.39, 0.29) is 12.7 Å². The van der Waals surface area contributed by atoms with Gasteiger partial charge in [-0.3, -0.25) is 0 Å². The van der Waals surface area contributed by atoms with Crippen LogP contribution in [0.2, 0.25) is 0 Å². The quantitative estimate of drug-likeness (QED) is 0.278. The summed E-state index contributed by atoms with van der Waals surface area (Å²) in [5.41, 5.74) is 1.90. The lowest BCUT2D eigenvalue weighted by Gasteiger charge is -2.13. The molecule has 3 N–H and O–H groups in total. The van der Waals surface area contributed by atoms with Gasteiger partial charge in [0.25, 0.3) is 0 Å². The van der Waals surface area contributed by atoms with Crippen LogP contribution in [0.1, 0.15) is 88.4 Å². The molecule has 0 spiro atoms. The van der Waals surface area contributed by atoms with E-state index in [0.717, 1.165) is 30.4 Å². The van der Waals surface area contributed by atoms with Gasteiger partial charge in [-0.2, -0.15) is 0 Å². The molecule has 152 valence electrons. The van der Waals surface area contributed by atoms with Crippen molar-refractivity contribution in [2.45, 2.75) is 83.3 Å². The van der Waals surface area contributed by atoms with E-state index in [1.54, 1.807) is 0 Å². The molecule has 0 aliphatic rings. The van der Waals surface area contributed by atoms with Crippen LogP contribution in [0.15, 0.2) is 42.5 Å². The maximum atomic E-state index is 10.4. The monoisotopic (exact) mass is 374 g/mol. The molecule has 0 aliphatic heterocycles. The molecule has 0 heterocycles. The van der Waals surface area contributed by atoms with Crippen molar-refractivity contribution in [3.63, 3.8) is 0 Å². The summed E-state index contributed by atoms with van der Waals surface area (Å²) < 4.78 is 0. The van der Waals surface area contributed by atoms with Crippen molar-refractivity contribution in [3.8, 4) is 0 Å². The lowest BCUT2D eigenvalue weighted by Crippen LogP contribution is -2.01. The summed E-state index contributed by atoms with van der Waals surface area (Å²) in [6.07, 6.45) is 17.1. The molecule has 1 aromatic rings. The van der Waals surface area contributed by atoms with Crippen molar-refractivity contribution in [2.24, 2.45) is 0 Å². The van der Waals surface area contributed by atoms with Crippen LogP contribution in [-0.2, 0) is 0 Å². The number of benzene rings is 1. The Kier molecular flexibility index (Phi) is 13.7. The molecule has 0 amide bonds. The highest BCUT2D eigenvalue weighted by atomic mass is 16.3. The number of aliphatic hydroxyl groups excluding tert-OH is 3. The highest BCUT2D eigenvalue weighted by Gasteiger charge is 2.09. The summed E-state index contributed by atoms with van der Waals surface area (Å²) >= 11 is 0. The molecule has 1 rings (SSSR count). The van der Waals surface area contributed by atoms with Crippen LogP contribution in [0, 0.1) is 0 Å². The highest BCUT2D eigenvalue weighted by molar-refractivity contribution is 5.55. The normalized spacial score (nSPS) is 14.2. The van der Waals surface area contributed by atoms with Gasteiger partial charge in [-0.15, -0.1) is 0 Å². The van der Waals surface area contributed by atoms with Gasteiger partial charge >= 0.3 is 0 Å². The van der Waals surface area contributed by atoms with E-state index in [1.165, 1.54) is 32.1 Å². The van der Waals surface area contributed by atoms with Crippen LogP contribution in [0.25, 0.3) is 6.08 Å². The third-order valence-electron chi connectivity index (χ3n) is 4.81. The lowest BCUT2D eigenvalue weighted by atomic mass is 9.98. The van der Waals surface area contributed by atoms with Gasteiger partial charge in [0.1, 0.15) is 0 Å². The fourth-order valence-corrected chi connectivity index (χ4v) is 3.15. The average molecular weight is 375 g/mol. The van der Waals surface area contributed by atoms with E-state index in [4.69, 9.17) is 5.11 Å². The zero-order valence-electron chi connectivity index (χ0n) is 16.9. The SMILES string of the molecule is CCCCCCCC[C@H](O)/C=C/C=C/c1ccccc1[C@@H](O)CCCCO. The van der Waals surface area contributed by atoms with Crippen LogP contribution in [-0.4, -0.2) is 28.0 Å². The van der Waals surface area contributed by atoms with Gasteiger partial charge < -0.3 is 15.3 Å². The van der Waals surface area contributed by atoms with E-state index in [0.29, 0.717) is 12.8 Å². The number of allylic oxidation sites excluding steroid dienone is 2. The summed E-state index contributed by atoms with van der Waals surface area (Å²) in [4.78, 5) is 0. The van der Waals surface area contributed by atoms with Crippen LogP contribution >= 0.6 is 0 Å². The fraction of sp³-hybridized carbons (Fsp3) is 0.583. The van der Waals surface area contributed by atoms with Gasteiger partial charge in [0, 0.05) is 6.61 Å². The third kappa shape index (κ3) is 11.1. The van der Waals surface area contributed by atoms with Crippen molar-refractivity contribution in [1.29, 1.82) is 0 Å². The van der Waals surface area contributed by atoms with Crippen molar-refractivity contribution in [1.82, 2.24) is 0 Å². The lowest BCUT2D eigenvalue weighted by molar-refractivity contribution is 0.159. The third-order valence-corrected chi connectivity index (χ3v) is 4.81. The highest BCUT2D eigenvalue weighted by Crippen LogP contribution is 2.23. The Hall–Kier alpha value is -1.42. The van der Waals surface area contributed by atoms with Gasteiger partial charge in [0.05, 0.1) is 12.2 Å². The van der Waals surface area contributed by atoms with Crippen molar-refractivity contribution < 1.29 is 15.3 Å². The average Bonchev–Trinajstić information content (AvgIpc) is 2.68. The van der Waals surface area contributed by atoms with E-state index in [1.807, 2.05) is 48.6 Å². The van der Waals surface area contributed by atoms with E-state index in [2.05, 4.69) is 6.92 Å². The fourth-order valence-electron chi connectivity index (χ4n) is 3.15. The first-order chi connectivity index (χ1) is 13.2. The van der Waals surface area contributed by atoms with Gasteiger partial charge in [-0.05, 0) is 36.8 Å². The zero-order chi connectivity index (χ0) is 19.7. The molecule has 0 aliphatic carbocycles. The van der Waals surface area contributed by atoms with Crippen molar-refractivity contribution in [2.75, 3.05) is 6.61 Å². The minimum absolute atomic E-state index is 0.167. The summed E-state index contributed by atoms with van der Waals surface area (Å²) in [7, 11) is 0. The number of rotatable bonds is 15. The van der Waals surface area contributed by atoms with Crippen LogP contribution in [0.3, 0.4) is 0 Å². The molecule has 2 atom stereocenters. The second-order valence-electron chi connectivity index (χ2n) is 7.23.